The molecule has 0 radical (unpaired) electrons. The molecule has 5 rings (SSSR count). The molecular formula is C21H20FN5O. The van der Waals surface area contributed by atoms with Gasteiger partial charge < -0.3 is 19.5 Å². The topological polar surface area (TPSA) is 55.2 Å². The molecular weight excluding hydrogens is 357 g/mol. The number of nitrogens with one attached hydrogen (secondary N) is 1. The molecule has 1 aliphatic heterocycles. The van der Waals surface area contributed by atoms with Crippen molar-refractivity contribution in [3.8, 4) is 0 Å². The first kappa shape index (κ1) is 16.9. The third-order valence-corrected chi connectivity index (χ3v) is 5.23. The van der Waals surface area contributed by atoms with Crippen LogP contribution in [0.4, 0.5) is 21.6 Å². The van der Waals surface area contributed by atoms with Gasteiger partial charge >= 0.3 is 0 Å². The van der Waals surface area contributed by atoms with Crippen LogP contribution in [0.1, 0.15) is 0 Å². The Balaban J connectivity index is 1.51. The summed E-state index contributed by atoms with van der Waals surface area (Å²) in [4.78, 5) is 11.1. The van der Waals surface area contributed by atoms with Gasteiger partial charge in [-0.3, -0.25) is 4.98 Å². The fourth-order valence-electron chi connectivity index (χ4n) is 3.75. The minimum absolute atomic E-state index is 0.305. The quantitative estimate of drug-likeness (QED) is 0.588. The fourth-order valence-corrected chi connectivity index (χ4v) is 3.75. The number of benzene rings is 1. The number of ether oxygens (including phenoxy) is 1. The van der Waals surface area contributed by atoms with Gasteiger partial charge in [-0.15, -0.1) is 0 Å². The van der Waals surface area contributed by atoms with Crippen LogP contribution in [0.3, 0.4) is 0 Å². The van der Waals surface area contributed by atoms with Crippen molar-refractivity contribution in [2.45, 2.75) is 0 Å². The molecule has 0 unspecified atom stereocenters. The molecule has 1 aromatic carbocycles. The Kier molecular flexibility index (Phi) is 4.09. The molecule has 0 saturated carbocycles. The molecule has 7 heteroatoms. The van der Waals surface area contributed by atoms with Crippen molar-refractivity contribution in [1.82, 2.24) is 14.5 Å². The number of halogens is 1. The molecule has 142 valence electrons. The molecule has 4 heterocycles. The molecule has 1 N–H and O–H groups in total. The summed E-state index contributed by atoms with van der Waals surface area (Å²) in [7, 11) is 1.97. The van der Waals surface area contributed by atoms with E-state index in [1.807, 2.05) is 42.1 Å². The second-order valence-electron chi connectivity index (χ2n) is 6.91. The molecule has 0 spiro atoms. The number of nitrogens with zero attached hydrogens (tertiary/aromatic N) is 4. The van der Waals surface area contributed by atoms with E-state index in [9.17, 15) is 4.39 Å². The molecule has 0 aliphatic carbocycles. The van der Waals surface area contributed by atoms with Crippen LogP contribution in [-0.2, 0) is 11.8 Å². The highest BCUT2D eigenvalue weighted by Crippen LogP contribution is 2.29. The van der Waals surface area contributed by atoms with Gasteiger partial charge in [0, 0.05) is 49.0 Å². The maximum atomic E-state index is 14.4. The van der Waals surface area contributed by atoms with Gasteiger partial charge in [-0.25, -0.2) is 9.37 Å². The molecule has 0 bridgehead atoms. The number of pyridine rings is 2. The van der Waals surface area contributed by atoms with Gasteiger partial charge in [0.05, 0.1) is 24.4 Å². The zero-order valence-corrected chi connectivity index (χ0v) is 15.5. The Labute approximate surface area is 161 Å². The molecule has 3 aromatic heterocycles. The highest BCUT2D eigenvalue weighted by atomic mass is 19.1. The number of hydrogen-bond acceptors (Lipinski definition) is 5. The van der Waals surface area contributed by atoms with Crippen LogP contribution in [0.2, 0.25) is 0 Å². The van der Waals surface area contributed by atoms with Gasteiger partial charge in [0.1, 0.15) is 17.3 Å². The van der Waals surface area contributed by atoms with Crippen molar-refractivity contribution in [1.29, 1.82) is 0 Å². The molecule has 1 aliphatic rings. The summed E-state index contributed by atoms with van der Waals surface area (Å²) in [6.45, 7) is 2.99. The molecule has 0 atom stereocenters. The van der Waals surface area contributed by atoms with Crippen LogP contribution in [0.5, 0.6) is 0 Å². The molecule has 1 saturated heterocycles. The molecule has 28 heavy (non-hydrogen) atoms. The van der Waals surface area contributed by atoms with Crippen molar-refractivity contribution in [3.63, 3.8) is 0 Å². The van der Waals surface area contributed by atoms with Crippen molar-refractivity contribution < 1.29 is 9.13 Å². The van der Waals surface area contributed by atoms with E-state index in [1.165, 1.54) is 6.07 Å². The van der Waals surface area contributed by atoms with Gasteiger partial charge in [0.2, 0.25) is 0 Å². The summed E-state index contributed by atoms with van der Waals surface area (Å²) in [5, 5.41) is 5.22. The van der Waals surface area contributed by atoms with Crippen LogP contribution in [0.15, 0.2) is 48.8 Å². The van der Waals surface area contributed by atoms with E-state index >= 15 is 0 Å². The maximum Gasteiger partial charge on any atom is 0.146 e. The van der Waals surface area contributed by atoms with Crippen LogP contribution >= 0.6 is 0 Å². The predicted molar refractivity (Wildman–Crippen MR) is 109 cm³/mol. The molecule has 1 fully saturated rings. The summed E-state index contributed by atoms with van der Waals surface area (Å²) in [6.07, 6.45) is 3.62. The van der Waals surface area contributed by atoms with Crippen molar-refractivity contribution >= 4 is 39.1 Å². The zero-order valence-electron chi connectivity index (χ0n) is 15.5. The van der Waals surface area contributed by atoms with E-state index in [2.05, 4.69) is 15.2 Å². The lowest BCUT2D eigenvalue weighted by atomic mass is 10.2. The smallest absolute Gasteiger partial charge is 0.146 e. The summed E-state index contributed by atoms with van der Waals surface area (Å²) in [5.41, 5.74) is 3.29. The zero-order chi connectivity index (χ0) is 19.1. The van der Waals surface area contributed by atoms with E-state index in [0.717, 1.165) is 40.7 Å². The summed E-state index contributed by atoms with van der Waals surface area (Å²) in [5.74, 6) is 0.296. The number of aryl methyl sites for hydroxylation is 1. The lowest BCUT2D eigenvalue weighted by Crippen LogP contribution is -2.36. The largest absolute Gasteiger partial charge is 0.378 e. The molecule has 6 nitrogen and oxygen atoms in total. The monoisotopic (exact) mass is 377 g/mol. The van der Waals surface area contributed by atoms with Crippen molar-refractivity contribution in [3.05, 3.63) is 54.6 Å². The van der Waals surface area contributed by atoms with Gasteiger partial charge in [0.15, 0.2) is 0 Å². The SMILES string of the molecule is Cn1c2ccncc2c2ccc(Nc3cc(N4CCOCC4)ccc3F)nc21. The Morgan fingerprint density at radius 1 is 1.07 bits per heavy atom. The van der Waals surface area contributed by atoms with E-state index in [1.54, 1.807) is 12.3 Å². The van der Waals surface area contributed by atoms with Crippen LogP contribution in [-0.4, -0.2) is 40.8 Å². The minimum Gasteiger partial charge on any atom is -0.378 e. The van der Waals surface area contributed by atoms with E-state index in [0.29, 0.717) is 24.7 Å². The third-order valence-electron chi connectivity index (χ3n) is 5.23. The number of anilines is 3. The fraction of sp³-hybridized carbons (Fsp3) is 0.238. The Bertz CT molecular complexity index is 1170. The first-order chi connectivity index (χ1) is 13.7. The van der Waals surface area contributed by atoms with Crippen LogP contribution < -0.4 is 10.2 Å². The lowest BCUT2D eigenvalue weighted by Gasteiger charge is -2.29. The van der Waals surface area contributed by atoms with Crippen molar-refractivity contribution in [2.24, 2.45) is 7.05 Å². The highest BCUT2D eigenvalue weighted by molar-refractivity contribution is 6.06. The Morgan fingerprint density at radius 3 is 2.79 bits per heavy atom. The van der Waals surface area contributed by atoms with Crippen molar-refractivity contribution in [2.75, 3.05) is 36.5 Å². The van der Waals surface area contributed by atoms with E-state index in [4.69, 9.17) is 9.72 Å². The van der Waals surface area contributed by atoms with Gasteiger partial charge in [-0.05, 0) is 36.4 Å². The standard InChI is InChI=1S/C21H20FN5O/c1-26-19-6-7-23-13-16(19)15-3-5-20(25-21(15)26)24-18-12-14(2-4-17(18)22)27-8-10-28-11-9-27/h2-7,12-13H,8-11H2,1H3,(H,24,25). The summed E-state index contributed by atoms with van der Waals surface area (Å²) in [6, 6.07) is 11.0. The van der Waals surface area contributed by atoms with Gasteiger partial charge in [-0.1, -0.05) is 0 Å². The first-order valence-electron chi connectivity index (χ1n) is 9.29. The minimum atomic E-state index is -0.305. The second-order valence-corrected chi connectivity index (χ2v) is 6.91. The third kappa shape index (κ3) is 2.84. The van der Waals surface area contributed by atoms with Crippen LogP contribution in [0.25, 0.3) is 21.9 Å². The number of hydrogen-bond donors (Lipinski definition) is 1. The average molecular weight is 377 g/mol. The lowest BCUT2D eigenvalue weighted by molar-refractivity contribution is 0.122. The number of rotatable bonds is 3. The maximum absolute atomic E-state index is 14.4. The molecule has 0 amide bonds. The van der Waals surface area contributed by atoms with E-state index < -0.39 is 0 Å². The van der Waals surface area contributed by atoms with Gasteiger partial charge in [0.25, 0.3) is 0 Å². The summed E-state index contributed by atoms with van der Waals surface area (Å²) >= 11 is 0. The molecule has 4 aromatic rings. The highest BCUT2D eigenvalue weighted by Gasteiger charge is 2.15. The Morgan fingerprint density at radius 2 is 1.93 bits per heavy atom. The first-order valence-corrected chi connectivity index (χ1v) is 9.29. The average Bonchev–Trinajstić information content (AvgIpc) is 3.02. The van der Waals surface area contributed by atoms with Crippen LogP contribution in [0, 0.1) is 5.82 Å². The number of morpholine rings is 1. The predicted octanol–water partition coefficient (Wildman–Crippen LogP) is 3.84. The normalized spacial score (nSPS) is 14.7. The number of aromatic nitrogens is 3. The summed E-state index contributed by atoms with van der Waals surface area (Å²) < 4.78 is 21.9. The Hall–Kier alpha value is -3.19. The second kappa shape index (κ2) is 6.76. The number of fused-ring (bicyclic) bond motifs is 3. The van der Waals surface area contributed by atoms with E-state index in [-0.39, 0.29) is 5.82 Å². The van der Waals surface area contributed by atoms with Gasteiger partial charge in [-0.2, -0.15) is 0 Å².